The van der Waals surface area contributed by atoms with Crippen LogP contribution in [-0.4, -0.2) is 31.6 Å². The van der Waals surface area contributed by atoms with Gasteiger partial charge < -0.3 is 4.74 Å². The van der Waals surface area contributed by atoms with Gasteiger partial charge >= 0.3 is 0 Å². The Kier molecular flexibility index (Phi) is 3.71. The van der Waals surface area contributed by atoms with E-state index in [1.54, 1.807) is 23.1 Å². The Morgan fingerprint density at radius 2 is 2.08 bits per heavy atom. The van der Waals surface area contributed by atoms with E-state index in [1.165, 1.54) is 10.4 Å². The van der Waals surface area contributed by atoms with Crippen molar-refractivity contribution in [1.82, 2.24) is 19.7 Å². The van der Waals surface area contributed by atoms with Crippen LogP contribution < -0.4 is 0 Å². The molecule has 3 aromatic heterocycles. The minimum Gasteiger partial charge on any atom is -0.370 e. The maximum Gasteiger partial charge on any atom is 0.190 e. The number of fused-ring (bicyclic) bond motifs is 3. The highest BCUT2D eigenvalue weighted by Crippen LogP contribution is 2.40. The zero-order valence-corrected chi connectivity index (χ0v) is 16.1. The van der Waals surface area contributed by atoms with Crippen LogP contribution in [0.5, 0.6) is 0 Å². The predicted octanol–water partition coefficient (Wildman–Crippen LogP) is 4.07. The maximum absolute atomic E-state index is 5.99. The SMILES string of the molecule is CSc1nc(-n2nc(C)cc2C)c2c3c(sc2n1)COC(C)(C)C3. The van der Waals surface area contributed by atoms with E-state index in [-0.39, 0.29) is 5.60 Å². The van der Waals surface area contributed by atoms with Gasteiger partial charge in [0.05, 0.1) is 23.3 Å². The monoisotopic (exact) mass is 360 g/mol. The summed E-state index contributed by atoms with van der Waals surface area (Å²) in [5.41, 5.74) is 3.25. The van der Waals surface area contributed by atoms with Crippen LogP contribution in [0.2, 0.25) is 0 Å². The van der Waals surface area contributed by atoms with Crippen molar-refractivity contribution in [3.05, 3.63) is 27.9 Å². The van der Waals surface area contributed by atoms with E-state index in [4.69, 9.17) is 14.7 Å². The fourth-order valence-corrected chi connectivity index (χ4v) is 4.71. The van der Waals surface area contributed by atoms with Crippen molar-refractivity contribution in [2.24, 2.45) is 0 Å². The number of thioether (sulfide) groups is 1. The summed E-state index contributed by atoms with van der Waals surface area (Å²) in [5, 5.41) is 6.58. The van der Waals surface area contributed by atoms with Crippen molar-refractivity contribution in [2.75, 3.05) is 6.26 Å². The molecule has 126 valence electrons. The summed E-state index contributed by atoms with van der Waals surface area (Å²) in [6.45, 7) is 9.00. The number of ether oxygens (including phenoxy) is 1. The Balaban J connectivity index is 2.04. The molecule has 0 bridgehead atoms. The van der Waals surface area contributed by atoms with Gasteiger partial charge in [-0.15, -0.1) is 11.3 Å². The molecule has 0 spiro atoms. The van der Waals surface area contributed by atoms with Crippen LogP contribution in [0.4, 0.5) is 0 Å². The molecular weight excluding hydrogens is 340 g/mol. The molecule has 5 nitrogen and oxygen atoms in total. The lowest BCUT2D eigenvalue weighted by atomic mass is 9.94. The number of aryl methyl sites for hydroxylation is 2. The van der Waals surface area contributed by atoms with Crippen LogP contribution in [0.3, 0.4) is 0 Å². The van der Waals surface area contributed by atoms with Crippen LogP contribution in [0.25, 0.3) is 16.0 Å². The molecule has 4 heterocycles. The van der Waals surface area contributed by atoms with Crippen LogP contribution in [0, 0.1) is 13.8 Å². The lowest BCUT2D eigenvalue weighted by molar-refractivity contribution is -0.0379. The van der Waals surface area contributed by atoms with E-state index >= 15 is 0 Å². The minimum absolute atomic E-state index is 0.161. The van der Waals surface area contributed by atoms with E-state index in [0.29, 0.717) is 6.61 Å². The first kappa shape index (κ1) is 16.1. The Labute approximate surface area is 149 Å². The average molecular weight is 361 g/mol. The molecule has 0 aromatic carbocycles. The Hall–Kier alpha value is -1.44. The number of thiophene rings is 1. The summed E-state index contributed by atoms with van der Waals surface area (Å²) >= 11 is 3.28. The highest BCUT2D eigenvalue weighted by atomic mass is 32.2. The van der Waals surface area contributed by atoms with Gasteiger partial charge in [0.15, 0.2) is 11.0 Å². The normalized spacial score (nSPS) is 16.5. The number of hydrogen-bond donors (Lipinski definition) is 0. The van der Waals surface area contributed by atoms with E-state index in [2.05, 4.69) is 31.9 Å². The Morgan fingerprint density at radius 3 is 2.75 bits per heavy atom. The van der Waals surface area contributed by atoms with Gasteiger partial charge in [0.1, 0.15) is 4.83 Å². The molecule has 1 aliphatic rings. The van der Waals surface area contributed by atoms with Crippen LogP contribution >= 0.6 is 23.1 Å². The van der Waals surface area contributed by atoms with Crippen molar-refractivity contribution < 1.29 is 4.74 Å². The third-order valence-electron chi connectivity index (χ3n) is 4.28. The van der Waals surface area contributed by atoms with Gasteiger partial charge in [-0.2, -0.15) is 5.10 Å². The fraction of sp³-hybridized carbons (Fsp3) is 0.471. The van der Waals surface area contributed by atoms with E-state index in [9.17, 15) is 0 Å². The topological polar surface area (TPSA) is 52.8 Å². The van der Waals surface area contributed by atoms with E-state index in [0.717, 1.165) is 39.0 Å². The molecule has 0 saturated heterocycles. The van der Waals surface area contributed by atoms with Gasteiger partial charge in [0, 0.05) is 17.0 Å². The van der Waals surface area contributed by atoms with Gasteiger partial charge in [-0.3, -0.25) is 0 Å². The van der Waals surface area contributed by atoms with E-state index in [1.807, 2.05) is 17.9 Å². The molecule has 0 amide bonds. The summed E-state index contributed by atoms with van der Waals surface area (Å²) in [4.78, 5) is 11.8. The number of aromatic nitrogens is 4. The summed E-state index contributed by atoms with van der Waals surface area (Å²) in [5.74, 6) is 0.894. The maximum atomic E-state index is 5.99. The highest BCUT2D eigenvalue weighted by molar-refractivity contribution is 7.98. The van der Waals surface area contributed by atoms with Crippen LogP contribution in [-0.2, 0) is 17.8 Å². The molecule has 1 aliphatic heterocycles. The molecule has 7 heteroatoms. The quantitative estimate of drug-likeness (QED) is 0.509. The van der Waals surface area contributed by atoms with Crippen molar-refractivity contribution >= 4 is 33.3 Å². The largest absolute Gasteiger partial charge is 0.370 e. The second-order valence-corrected chi connectivity index (χ2v) is 8.64. The zero-order valence-electron chi connectivity index (χ0n) is 14.5. The molecular formula is C17H20N4OS2. The second kappa shape index (κ2) is 5.54. The molecule has 3 aromatic rings. The van der Waals surface area contributed by atoms with Gasteiger partial charge in [-0.25, -0.2) is 14.6 Å². The highest BCUT2D eigenvalue weighted by Gasteiger charge is 2.31. The van der Waals surface area contributed by atoms with Crippen LogP contribution in [0.15, 0.2) is 11.2 Å². The summed E-state index contributed by atoms with van der Waals surface area (Å²) < 4.78 is 7.94. The molecule has 0 radical (unpaired) electrons. The van der Waals surface area contributed by atoms with Gasteiger partial charge in [0.25, 0.3) is 0 Å². The Morgan fingerprint density at radius 1 is 1.29 bits per heavy atom. The van der Waals surface area contributed by atoms with Gasteiger partial charge in [-0.1, -0.05) is 11.8 Å². The Bertz CT molecular complexity index is 942. The van der Waals surface area contributed by atoms with Crippen LogP contribution in [0.1, 0.15) is 35.7 Å². The fourth-order valence-electron chi connectivity index (χ4n) is 3.19. The zero-order chi connectivity index (χ0) is 17.1. The molecule has 0 aliphatic carbocycles. The average Bonchev–Trinajstić information content (AvgIpc) is 3.04. The molecule has 4 rings (SSSR count). The van der Waals surface area contributed by atoms with Crippen molar-refractivity contribution in [1.29, 1.82) is 0 Å². The number of nitrogens with zero attached hydrogens (tertiary/aromatic N) is 4. The molecule has 0 N–H and O–H groups in total. The van der Waals surface area contributed by atoms with Crippen molar-refractivity contribution in [2.45, 2.75) is 51.5 Å². The lowest BCUT2D eigenvalue weighted by Crippen LogP contribution is -2.31. The summed E-state index contributed by atoms with van der Waals surface area (Å²) in [6.07, 6.45) is 2.88. The molecule has 0 unspecified atom stereocenters. The summed E-state index contributed by atoms with van der Waals surface area (Å²) in [7, 11) is 0. The molecule has 0 atom stereocenters. The number of rotatable bonds is 2. The summed E-state index contributed by atoms with van der Waals surface area (Å²) in [6, 6.07) is 2.08. The van der Waals surface area contributed by atoms with Crippen molar-refractivity contribution in [3.63, 3.8) is 0 Å². The third-order valence-corrected chi connectivity index (χ3v) is 5.93. The molecule has 24 heavy (non-hydrogen) atoms. The van der Waals surface area contributed by atoms with Gasteiger partial charge in [0.2, 0.25) is 0 Å². The standard InChI is InChI=1S/C17H20N4OS2/c1-9-6-10(2)21(20-9)14-13-11-7-17(3,4)22-8-12(11)24-15(13)19-16(18-14)23-5/h6H,7-8H2,1-5H3. The third kappa shape index (κ3) is 2.55. The first-order valence-corrected chi connectivity index (χ1v) is 9.96. The minimum atomic E-state index is -0.161. The van der Waals surface area contributed by atoms with Gasteiger partial charge in [-0.05, 0) is 45.6 Å². The second-order valence-electron chi connectivity index (χ2n) is 6.78. The molecule has 0 saturated carbocycles. The lowest BCUT2D eigenvalue weighted by Gasteiger charge is -2.30. The smallest absolute Gasteiger partial charge is 0.190 e. The first-order chi connectivity index (χ1) is 11.4. The first-order valence-electron chi connectivity index (χ1n) is 7.92. The number of hydrogen-bond acceptors (Lipinski definition) is 6. The predicted molar refractivity (Wildman–Crippen MR) is 98.4 cm³/mol. The van der Waals surface area contributed by atoms with Crippen molar-refractivity contribution in [3.8, 4) is 5.82 Å². The van der Waals surface area contributed by atoms with E-state index < -0.39 is 0 Å². The molecule has 0 fully saturated rings.